The SMILES string of the molecule is CCCCCCC/C=C\C/C=C\CCCCCCCCCCCCCCCCCC(=O)OC(COC(=O)CCCCCCCCCCCCCCCCCCCCCCCCCCCCCCCCCCCCCCCCCC)COP(=O)(O)OCCN. The number of phosphoric ester groups is 1. The van der Waals surface area contributed by atoms with Gasteiger partial charge >= 0.3 is 19.8 Å². The minimum absolute atomic E-state index is 0.0565. The van der Waals surface area contributed by atoms with Crippen molar-refractivity contribution in [2.75, 3.05) is 26.4 Å². The molecular formula is C78H152NO8P. The number of unbranched alkanes of at least 4 members (excludes halogenated alkanes) is 59. The molecule has 0 saturated heterocycles. The largest absolute Gasteiger partial charge is 0.472 e. The van der Waals surface area contributed by atoms with E-state index < -0.39 is 26.5 Å². The lowest BCUT2D eigenvalue weighted by Gasteiger charge is -2.19. The Hall–Kier alpha value is -1.51. The van der Waals surface area contributed by atoms with Gasteiger partial charge in [0.25, 0.3) is 0 Å². The fourth-order valence-corrected chi connectivity index (χ4v) is 13.0. The number of hydrogen-bond acceptors (Lipinski definition) is 8. The van der Waals surface area contributed by atoms with E-state index in [4.69, 9.17) is 24.3 Å². The van der Waals surface area contributed by atoms with Crippen LogP contribution >= 0.6 is 7.82 Å². The van der Waals surface area contributed by atoms with E-state index in [1.165, 1.54) is 360 Å². The van der Waals surface area contributed by atoms with Crippen LogP contribution in [0.2, 0.25) is 0 Å². The van der Waals surface area contributed by atoms with Crippen molar-refractivity contribution < 1.29 is 37.6 Å². The zero-order valence-corrected chi connectivity index (χ0v) is 59.9. The number of carbonyl (C=O) groups excluding carboxylic acids is 2. The smallest absolute Gasteiger partial charge is 0.462 e. The van der Waals surface area contributed by atoms with Gasteiger partial charge in [0.15, 0.2) is 6.10 Å². The first-order valence-electron chi connectivity index (χ1n) is 39.3. The third-order valence-corrected chi connectivity index (χ3v) is 19.1. The summed E-state index contributed by atoms with van der Waals surface area (Å²) < 4.78 is 33.2. The summed E-state index contributed by atoms with van der Waals surface area (Å²) in [5.74, 6) is -0.802. The summed E-state index contributed by atoms with van der Waals surface area (Å²) >= 11 is 0. The quantitative estimate of drug-likeness (QED) is 0.0264. The van der Waals surface area contributed by atoms with E-state index in [1.54, 1.807) is 0 Å². The molecule has 0 heterocycles. The Morgan fingerprint density at radius 1 is 0.341 bits per heavy atom. The van der Waals surface area contributed by atoms with E-state index in [9.17, 15) is 19.0 Å². The van der Waals surface area contributed by atoms with Crippen LogP contribution < -0.4 is 5.73 Å². The van der Waals surface area contributed by atoms with Crippen molar-refractivity contribution in [2.24, 2.45) is 5.73 Å². The van der Waals surface area contributed by atoms with Crippen molar-refractivity contribution in [1.82, 2.24) is 0 Å². The summed E-state index contributed by atoms with van der Waals surface area (Å²) in [6.45, 7) is 3.82. The van der Waals surface area contributed by atoms with Crippen LogP contribution in [0.25, 0.3) is 0 Å². The van der Waals surface area contributed by atoms with Crippen molar-refractivity contribution >= 4 is 19.8 Å². The third-order valence-electron chi connectivity index (χ3n) is 18.1. The number of phosphoric acid groups is 1. The molecule has 0 bridgehead atoms. The summed E-state index contributed by atoms with van der Waals surface area (Å²) in [5.41, 5.74) is 5.41. The van der Waals surface area contributed by atoms with Gasteiger partial charge < -0.3 is 20.1 Å². The first-order valence-corrected chi connectivity index (χ1v) is 40.8. The molecular weight excluding hydrogens is 1110 g/mol. The summed E-state index contributed by atoms with van der Waals surface area (Å²) in [5, 5.41) is 0. The topological polar surface area (TPSA) is 134 Å². The van der Waals surface area contributed by atoms with E-state index in [2.05, 4.69) is 38.2 Å². The molecule has 0 aromatic rings. The standard InChI is InChI=1S/C78H152NO8P/c1-3-5-7-9-11-13-15-17-19-21-23-25-27-29-31-32-33-34-35-36-37-38-39-40-41-42-43-45-46-48-50-52-54-56-58-60-62-64-66-68-70-77(80)84-74-76(75-86-88(82,83)85-73-72-79)87-78(81)71-69-67-65-63-61-59-57-55-53-51-49-47-44-30-28-26-24-22-20-18-16-14-12-10-8-6-4-2/h16,18,22,24,76H,3-15,17,19-21,23,25-75,79H2,1-2H3,(H,82,83)/b18-16-,24-22-. The maximum Gasteiger partial charge on any atom is 0.472 e. The Balaban J connectivity index is 3.72. The molecule has 10 heteroatoms. The molecule has 2 unspecified atom stereocenters. The van der Waals surface area contributed by atoms with Gasteiger partial charge in [-0.25, -0.2) is 4.57 Å². The molecule has 0 aliphatic rings. The van der Waals surface area contributed by atoms with Gasteiger partial charge in [0.05, 0.1) is 13.2 Å². The number of rotatable bonds is 76. The molecule has 0 aromatic heterocycles. The molecule has 0 aliphatic carbocycles. The lowest BCUT2D eigenvalue weighted by Crippen LogP contribution is -2.29. The Morgan fingerprint density at radius 3 is 0.864 bits per heavy atom. The van der Waals surface area contributed by atoms with Gasteiger partial charge in [-0.3, -0.25) is 18.6 Å². The molecule has 522 valence electrons. The van der Waals surface area contributed by atoms with Crippen LogP contribution in [0.3, 0.4) is 0 Å². The average Bonchev–Trinajstić information content (AvgIpc) is 3.62. The molecule has 3 N–H and O–H groups in total. The van der Waals surface area contributed by atoms with Gasteiger partial charge in [0.2, 0.25) is 0 Å². The Bertz CT molecular complexity index is 1490. The Morgan fingerprint density at radius 2 is 0.591 bits per heavy atom. The molecule has 0 amide bonds. The number of hydrogen-bond donors (Lipinski definition) is 2. The summed E-state index contributed by atoms with van der Waals surface area (Å²) in [6.07, 6.45) is 93.3. The predicted molar refractivity (Wildman–Crippen MR) is 381 cm³/mol. The number of nitrogens with two attached hydrogens (primary N) is 1. The predicted octanol–water partition coefficient (Wildman–Crippen LogP) is 26.0. The number of esters is 2. The highest BCUT2D eigenvalue weighted by atomic mass is 31.2. The molecule has 0 fully saturated rings. The summed E-state index contributed by atoms with van der Waals surface area (Å²) in [7, 11) is -4.39. The number of carbonyl (C=O) groups is 2. The average molecular weight is 1260 g/mol. The van der Waals surface area contributed by atoms with Gasteiger partial charge in [-0.1, -0.05) is 398 Å². The molecule has 0 saturated carbocycles. The monoisotopic (exact) mass is 1260 g/mol. The zero-order valence-electron chi connectivity index (χ0n) is 59.0. The first-order chi connectivity index (χ1) is 43.3. The highest BCUT2D eigenvalue weighted by molar-refractivity contribution is 7.47. The second kappa shape index (κ2) is 74.5. The molecule has 0 spiro atoms. The molecule has 0 rings (SSSR count). The van der Waals surface area contributed by atoms with Crippen molar-refractivity contribution in [3.63, 3.8) is 0 Å². The minimum atomic E-state index is -4.39. The van der Waals surface area contributed by atoms with Crippen molar-refractivity contribution in [1.29, 1.82) is 0 Å². The van der Waals surface area contributed by atoms with Gasteiger partial charge in [0, 0.05) is 19.4 Å². The highest BCUT2D eigenvalue weighted by Crippen LogP contribution is 2.43. The summed E-state index contributed by atoms with van der Waals surface area (Å²) in [4.78, 5) is 35.4. The van der Waals surface area contributed by atoms with Crippen molar-refractivity contribution in [3.05, 3.63) is 24.3 Å². The molecule has 0 aliphatic heterocycles. The van der Waals surface area contributed by atoms with Gasteiger partial charge in [-0.2, -0.15) is 0 Å². The third kappa shape index (κ3) is 73.5. The zero-order chi connectivity index (χ0) is 63.7. The van der Waals surface area contributed by atoms with Gasteiger partial charge in [-0.05, 0) is 44.9 Å². The van der Waals surface area contributed by atoms with Crippen molar-refractivity contribution in [2.45, 2.75) is 437 Å². The van der Waals surface area contributed by atoms with Crippen LogP contribution in [0.1, 0.15) is 431 Å². The number of ether oxygens (including phenoxy) is 2. The molecule has 2 atom stereocenters. The summed E-state index contributed by atoms with van der Waals surface area (Å²) in [6, 6.07) is 0. The van der Waals surface area contributed by atoms with Crippen LogP contribution in [0.15, 0.2) is 24.3 Å². The van der Waals surface area contributed by atoms with Crippen LogP contribution in [0, 0.1) is 0 Å². The normalized spacial score (nSPS) is 12.9. The molecule has 0 radical (unpaired) electrons. The highest BCUT2D eigenvalue weighted by Gasteiger charge is 2.26. The van der Waals surface area contributed by atoms with E-state index in [-0.39, 0.29) is 38.6 Å². The first kappa shape index (κ1) is 86.5. The maximum atomic E-state index is 12.8. The van der Waals surface area contributed by atoms with E-state index in [0.717, 1.165) is 38.5 Å². The minimum Gasteiger partial charge on any atom is -0.462 e. The van der Waals surface area contributed by atoms with Crippen LogP contribution in [0.4, 0.5) is 0 Å². The number of allylic oxidation sites excluding steroid dienone is 4. The van der Waals surface area contributed by atoms with Crippen LogP contribution in [0.5, 0.6) is 0 Å². The fraction of sp³-hybridized carbons (Fsp3) is 0.923. The molecule has 0 aromatic carbocycles. The fourth-order valence-electron chi connectivity index (χ4n) is 12.3. The van der Waals surface area contributed by atoms with Crippen LogP contribution in [-0.4, -0.2) is 49.3 Å². The van der Waals surface area contributed by atoms with Gasteiger partial charge in [-0.15, -0.1) is 0 Å². The Kier molecular flexibility index (Phi) is 73.3. The van der Waals surface area contributed by atoms with Crippen LogP contribution in [-0.2, 0) is 32.7 Å². The maximum absolute atomic E-state index is 12.8. The van der Waals surface area contributed by atoms with E-state index >= 15 is 0 Å². The second-order valence-electron chi connectivity index (χ2n) is 26.9. The molecule has 9 nitrogen and oxygen atoms in total. The second-order valence-corrected chi connectivity index (χ2v) is 28.4. The van der Waals surface area contributed by atoms with Gasteiger partial charge in [0.1, 0.15) is 6.61 Å². The Labute approximate surface area is 548 Å². The lowest BCUT2D eigenvalue weighted by atomic mass is 10.0. The molecule has 88 heavy (non-hydrogen) atoms. The van der Waals surface area contributed by atoms with E-state index in [0.29, 0.717) is 6.42 Å². The van der Waals surface area contributed by atoms with Crippen molar-refractivity contribution in [3.8, 4) is 0 Å². The lowest BCUT2D eigenvalue weighted by molar-refractivity contribution is -0.161. The van der Waals surface area contributed by atoms with E-state index in [1.807, 2.05) is 0 Å².